The van der Waals surface area contributed by atoms with Crippen molar-refractivity contribution in [3.8, 4) is 17.2 Å². The van der Waals surface area contributed by atoms with E-state index < -0.39 is 11.6 Å². The SMILES string of the molecule is COc1cc(NC(=O)Cn2c(=O)n(CCc3ccccc3)c(=O)c3ccccc32)cc(OC)c1OC. The van der Waals surface area contributed by atoms with Gasteiger partial charge >= 0.3 is 5.69 Å². The van der Waals surface area contributed by atoms with E-state index in [2.05, 4.69) is 5.32 Å². The van der Waals surface area contributed by atoms with E-state index in [1.807, 2.05) is 30.3 Å². The molecule has 4 rings (SSSR count). The highest BCUT2D eigenvalue weighted by Crippen LogP contribution is 2.39. The van der Waals surface area contributed by atoms with Crippen molar-refractivity contribution in [2.45, 2.75) is 19.5 Å². The second kappa shape index (κ2) is 10.8. The second-order valence-electron chi connectivity index (χ2n) is 8.04. The van der Waals surface area contributed by atoms with Crippen LogP contribution in [-0.2, 0) is 24.3 Å². The minimum Gasteiger partial charge on any atom is -0.493 e. The van der Waals surface area contributed by atoms with E-state index in [1.165, 1.54) is 30.5 Å². The van der Waals surface area contributed by atoms with Crippen molar-refractivity contribution in [2.24, 2.45) is 0 Å². The van der Waals surface area contributed by atoms with Gasteiger partial charge in [0.25, 0.3) is 5.56 Å². The topological polar surface area (TPSA) is 101 Å². The number of para-hydroxylation sites is 1. The summed E-state index contributed by atoms with van der Waals surface area (Å²) >= 11 is 0. The first-order valence-electron chi connectivity index (χ1n) is 11.3. The summed E-state index contributed by atoms with van der Waals surface area (Å²) in [5.41, 5.74) is 0.874. The van der Waals surface area contributed by atoms with Crippen LogP contribution in [0.25, 0.3) is 10.9 Å². The number of hydrogen-bond acceptors (Lipinski definition) is 6. The number of amides is 1. The van der Waals surface area contributed by atoms with Crippen LogP contribution in [0.2, 0.25) is 0 Å². The number of fused-ring (bicyclic) bond motifs is 1. The monoisotopic (exact) mass is 489 g/mol. The molecule has 1 heterocycles. The molecule has 0 saturated carbocycles. The molecule has 36 heavy (non-hydrogen) atoms. The molecular formula is C27H27N3O6. The highest BCUT2D eigenvalue weighted by atomic mass is 16.5. The number of nitrogens with one attached hydrogen (secondary N) is 1. The lowest BCUT2D eigenvalue weighted by atomic mass is 10.1. The summed E-state index contributed by atoms with van der Waals surface area (Å²) < 4.78 is 18.5. The number of carbonyl (C=O) groups is 1. The van der Waals surface area contributed by atoms with E-state index in [0.717, 1.165) is 5.56 Å². The van der Waals surface area contributed by atoms with E-state index in [0.29, 0.717) is 40.3 Å². The van der Waals surface area contributed by atoms with Crippen LogP contribution in [0.5, 0.6) is 17.2 Å². The highest BCUT2D eigenvalue weighted by molar-refractivity contribution is 5.92. The van der Waals surface area contributed by atoms with Gasteiger partial charge in [0.05, 0.1) is 32.2 Å². The van der Waals surface area contributed by atoms with Crippen molar-refractivity contribution >= 4 is 22.5 Å². The molecule has 0 aliphatic carbocycles. The fourth-order valence-electron chi connectivity index (χ4n) is 4.10. The van der Waals surface area contributed by atoms with Crippen molar-refractivity contribution in [1.82, 2.24) is 9.13 Å². The minimum atomic E-state index is -0.547. The molecular weight excluding hydrogens is 462 g/mol. The molecule has 1 amide bonds. The molecule has 1 N–H and O–H groups in total. The fourth-order valence-corrected chi connectivity index (χ4v) is 4.10. The maximum Gasteiger partial charge on any atom is 0.331 e. The van der Waals surface area contributed by atoms with Crippen LogP contribution in [0, 0.1) is 0 Å². The Hall–Kier alpha value is -4.53. The highest BCUT2D eigenvalue weighted by Gasteiger charge is 2.18. The first-order chi connectivity index (χ1) is 17.5. The van der Waals surface area contributed by atoms with Crippen LogP contribution < -0.4 is 30.8 Å². The van der Waals surface area contributed by atoms with Gasteiger partial charge in [-0.1, -0.05) is 42.5 Å². The van der Waals surface area contributed by atoms with Crippen molar-refractivity contribution in [1.29, 1.82) is 0 Å². The molecule has 186 valence electrons. The van der Waals surface area contributed by atoms with Crippen LogP contribution in [0.4, 0.5) is 5.69 Å². The summed E-state index contributed by atoms with van der Waals surface area (Å²) in [5.74, 6) is 0.698. The third-order valence-electron chi connectivity index (χ3n) is 5.85. The number of methoxy groups -OCH3 is 3. The number of aryl methyl sites for hydroxylation is 1. The van der Waals surface area contributed by atoms with Gasteiger partial charge in [-0.05, 0) is 24.1 Å². The van der Waals surface area contributed by atoms with Crippen molar-refractivity contribution in [3.05, 3.63) is 93.1 Å². The number of hydrogen-bond donors (Lipinski definition) is 1. The molecule has 0 unspecified atom stereocenters. The van der Waals surface area contributed by atoms with Gasteiger partial charge in [-0.25, -0.2) is 4.79 Å². The predicted octanol–water partition coefficient (Wildman–Crippen LogP) is 3.07. The Bertz CT molecular complexity index is 1480. The quantitative estimate of drug-likeness (QED) is 0.388. The van der Waals surface area contributed by atoms with Gasteiger partial charge in [0.2, 0.25) is 11.7 Å². The first kappa shape index (κ1) is 24.6. The van der Waals surface area contributed by atoms with Gasteiger partial charge in [0, 0.05) is 24.4 Å². The zero-order valence-electron chi connectivity index (χ0n) is 20.3. The average Bonchev–Trinajstić information content (AvgIpc) is 2.91. The maximum atomic E-state index is 13.4. The van der Waals surface area contributed by atoms with E-state index in [-0.39, 0.29) is 18.6 Å². The molecule has 0 aliphatic heterocycles. The Labute approximate surface area is 207 Å². The lowest BCUT2D eigenvalue weighted by Crippen LogP contribution is -2.42. The Kier molecular flexibility index (Phi) is 7.39. The summed E-state index contributed by atoms with van der Waals surface area (Å²) in [5, 5.41) is 3.14. The van der Waals surface area contributed by atoms with E-state index in [1.54, 1.807) is 36.4 Å². The fraction of sp³-hybridized carbons (Fsp3) is 0.222. The number of carbonyl (C=O) groups excluding carboxylic acids is 1. The second-order valence-corrected chi connectivity index (χ2v) is 8.04. The summed E-state index contributed by atoms with van der Waals surface area (Å²) in [7, 11) is 4.45. The third-order valence-corrected chi connectivity index (χ3v) is 5.85. The predicted molar refractivity (Wildman–Crippen MR) is 137 cm³/mol. The Morgan fingerprint density at radius 1 is 0.833 bits per heavy atom. The van der Waals surface area contributed by atoms with Crippen molar-refractivity contribution in [3.63, 3.8) is 0 Å². The lowest BCUT2D eigenvalue weighted by molar-refractivity contribution is -0.116. The van der Waals surface area contributed by atoms with Crippen molar-refractivity contribution in [2.75, 3.05) is 26.6 Å². The summed E-state index contributed by atoms with van der Waals surface area (Å²) in [4.78, 5) is 39.5. The molecule has 1 aromatic heterocycles. The smallest absolute Gasteiger partial charge is 0.331 e. The molecule has 0 fully saturated rings. The molecule has 0 radical (unpaired) electrons. The molecule has 0 spiro atoms. The summed E-state index contributed by atoms with van der Waals surface area (Å²) in [6.07, 6.45) is 0.506. The molecule has 0 saturated heterocycles. The number of ether oxygens (including phenoxy) is 3. The molecule has 3 aromatic carbocycles. The minimum absolute atomic E-state index is 0.195. The van der Waals surface area contributed by atoms with Crippen molar-refractivity contribution < 1.29 is 19.0 Å². The third kappa shape index (κ3) is 4.95. The Balaban J connectivity index is 1.67. The zero-order valence-corrected chi connectivity index (χ0v) is 20.3. The van der Waals surface area contributed by atoms with Gasteiger partial charge in [-0.15, -0.1) is 0 Å². The van der Waals surface area contributed by atoms with Crippen LogP contribution in [0.1, 0.15) is 5.56 Å². The molecule has 9 heteroatoms. The maximum absolute atomic E-state index is 13.4. The number of rotatable bonds is 9. The Morgan fingerprint density at radius 3 is 2.11 bits per heavy atom. The molecule has 0 aliphatic rings. The average molecular weight is 490 g/mol. The normalized spacial score (nSPS) is 10.8. The molecule has 0 bridgehead atoms. The number of nitrogens with zero attached hydrogens (tertiary/aromatic N) is 2. The van der Waals surface area contributed by atoms with Gasteiger partial charge in [0.15, 0.2) is 11.5 Å². The summed E-state index contributed by atoms with van der Waals surface area (Å²) in [6.45, 7) is -0.0946. The largest absolute Gasteiger partial charge is 0.493 e. The zero-order chi connectivity index (χ0) is 25.7. The van der Waals surface area contributed by atoms with Gasteiger partial charge in [-0.3, -0.25) is 18.7 Å². The van der Waals surface area contributed by atoms with E-state index >= 15 is 0 Å². The van der Waals surface area contributed by atoms with Crippen LogP contribution in [0.3, 0.4) is 0 Å². The molecule has 9 nitrogen and oxygen atoms in total. The van der Waals surface area contributed by atoms with Gasteiger partial charge < -0.3 is 19.5 Å². The standard InChI is InChI=1S/C27H27N3O6/c1-34-22-15-19(16-23(35-2)25(22)36-3)28-24(31)17-30-21-12-8-7-11-20(21)26(32)29(27(30)33)14-13-18-9-5-4-6-10-18/h4-12,15-16H,13-14,17H2,1-3H3,(H,28,31). The lowest BCUT2D eigenvalue weighted by Gasteiger charge is -2.16. The van der Waals surface area contributed by atoms with E-state index in [4.69, 9.17) is 14.2 Å². The van der Waals surface area contributed by atoms with Crippen LogP contribution in [0.15, 0.2) is 76.3 Å². The Morgan fingerprint density at radius 2 is 1.47 bits per heavy atom. The van der Waals surface area contributed by atoms with Gasteiger partial charge in [0.1, 0.15) is 6.54 Å². The molecule has 4 aromatic rings. The summed E-state index contributed by atoms with van der Waals surface area (Å²) in [6, 6.07) is 19.6. The van der Waals surface area contributed by atoms with Crippen LogP contribution in [-0.4, -0.2) is 36.4 Å². The van der Waals surface area contributed by atoms with Gasteiger partial charge in [-0.2, -0.15) is 0 Å². The number of anilines is 1. The number of benzene rings is 3. The van der Waals surface area contributed by atoms with Crippen LogP contribution >= 0.6 is 0 Å². The molecule has 0 atom stereocenters. The van der Waals surface area contributed by atoms with E-state index in [9.17, 15) is 14.4 Å². The number of aromatic nitrogens is 2. The first-order valence-corrected chi connectivity index (χ1v) is 11.3.